The van der Waals surface area contributed by atoms with E-state index in [0.717, 1.165) is 11.1 Å². The maximum absolute atomic E-state index is 4.97. The minimum Gasteiger partial charge on any atom is -1.00 e. The number of furan rings is 1. The molecule has 35 heavy (non-hydrogen) atoms. The van der Waals surface area contributed by atoms with Gasteiger partial charge in [-0.05, 0) is 10.8 Å². The van der Waals surface area contributed by atoms with Gasteiger partial charge in [0.15, 0.2) is 0 Å². The Labute approximate surface area is 242 Å². The van der Waals surface area contributed by atoms with Crippen molar-refractivity contribution in [2.24, 2.45) is 5.92 Å². The zero-order valence-corrected chi connectivity index (χ0v) is 25.6. The van der Waals surface area contributed by atoms with Gasteiger partial charge in [0.1, 0.15) is 0 Å². The normalized spacial score (nSPS) is 14.9. The van der Waals surface area contributed by atoms with Crippen molar-refractivity contribution < 1.29 is 55.4 Å². The van der Waals surface area contributed by atoms with Gasteiger partial charge in [-0.3, -0.25) is 0 Å². The largest absolute Gasteiger partial charge is 4.00 e. The number of hydrogen-bond acceptors (Lipinski definition) is 1. The van der Waals surface area contributed by atoms with Crippen LogP contribution in [-0.2, 0) is 37.0 Å². The van der Waals surface area contributed by atoms with Gasteiger partial charge in [0, 0.05) is 6.26 Å². The molecule has 0 saturated heterocycles. The molecule has 0 spiro atoms. The van der Waals surface area contributed by atoms with Crippen LogP contribution in [0.2, 0.25) is 0 Å². The summed E-state index contributed by atoms with van der Waals surface area (Å²) < 4.78 is 4.97. The van der Waals surface area contributed by atoms with Crippen LogP contribution in [0.5, 0.6) is 0 Å². The fourth-order valence-electron chi connectivity index (χ4n) is 4.13. The average molecular weight is 585 g/mol. The van der Waals surface area contributed by atoms with Crippen LogP contribution in [0.15, 0.2) is 77.6 Å². The van der Waals surface area contributed by atoms with Crippen LogP contribution < -0.4 is 24.8 Å². The van der Waals surface area contributed by atoms with Crippen molar-refractivity contribution in [3.63, 3.8) is 0 Å². The molecule has 0 aliphatic heterocycles. The van der Waals surface area contributed by atoms with E-state index in [4.69, 9.17) is 4.42 Å². The molecule has 1 unspecified atom stereocenters. The van der Waals surface area contributed by atoms with E-state index >= 15 is 0 Å². The second kappa shape index (κ2) is 12.2. The Balaban J connectivity index is 0.000000375. The molecule has 1 nitrogen and oxygen atoms in total. The Kier molecular flexibility index (Phi) is 11.0. The summed E-state index contributed by atoms with van der Waals surface area (Å²) in [6.45, 7) is 15.7. The minimum atomic E-state index is 0. The molecule has 182 valence electrons. The molecule has 0 radical (unpaired) electrons. The van der Waals surface area contributed by atoms with Crippen LogP contribution >= 0.6 is 0 Å². The van der Waals surface area contributed by atoms with Crippen molar-refractivity contribution in [1.29, 1.82) is 0 Å². The van der Waals surface area contributed by atoms with E-state index in [1.807, 2.05) is 6.07 Å². The first-order chi connectivity index (χ1) is 15.0. The molecule has 3 aromatic carbocycles. The van der Waals surface area contributed by atoms with Crippen LogP contribution in [0, 0.1) is 12.0 Å². The Morgan fingerprint density at radius 1 is 0.800 bits per heavy atom. The molecular weight excluding hydrogens is 550 g/mol. The van der Waals surface area contributed by atoms with Gasteiger partial charge >= 0.3 is 26.2 Å². The third-order valence-corrected chi connectivity index (χ3v) is 6.20. The molecule has 1 heterocycles. The number of halogens is 2. The maximum Gasteiger partial charge on any atom is 4.00 e. The van der Waals surface area contributed by atoms with Gasteiger partial charge < -0.3 is 29.2 Å². The van der Waals surface area contributed by atoms with Crippen molar-refractivity contribution in [2.45, 2.75) is 59.3 Å². The Bertz CT molecular complexity index is 1230. The van der Waals surface area contributed by atoms with Crippen molar-refractivity contribution in [2.75, 3.05) is 0 Å². The van der Waals surface area contributed by atoms with Gasteiger partial charge in [-0.2, -0.15) is 17.7 Å². The first-order valence-corrected chi connectivity index (χ1v) is 11.5. The van der Waals surface area contributed by atoms with Crippen LogP contribution in [0.4, 0.5) is 0 Å². The molecular formula is C31H34Cl2OZr. The number of fused-ring (bicyclic) bond motifs is 3. The molecule has 0 saturated carbocycles. The summed E-state index contributed by atoms with van der Waals surface area (Å²) in [6, 6.07) is 18.1. The van der Waals surface area contributed by atoms with E-state index in [2.05, 4.69) is 109 Å². The fraction of sp³-hybridized carbons (Fsp3) is 0.323. The van der Waals surface area contributed by atoms with Gasteiger partial charge in [0.05, 0.1) is 6.26 Å². The number of allylic oxidation sites excluding steroid dienone is 4. The summed E-state index contributed by atoms with van der Waals surface area (Å²) >= 11 is 0. The molecule has 1 aliphatic rings. The molecule has 1 aromatic heterocycles. The van der Waals surface area contributed by atoms with Crippen molar-refractivity contribution in [3.05, 3.63) is 96.0 Å². The Morgan fingerprint density at radius 3 is 1.69 bits per heavy atom. The standard InChI is InChI=1S/C21H25.C10H9O.2ClH.Zr/c1-20(2,3)16-7-9-18-14(12-16)11-15-13-17(21(4,5)6)8-10-19(15)18;1-8-2-3-9(6-8)10-4-5-11-7-10;;;/h7-13H,1-6H3;2-5,7-8H,1H3;2*1H;/q2*-1;;;+4/p-2. The zero-order valence-electron chi connectivity index (χ0n) is 21.7. The monoisotopic (exact) mass is 582 g/mol. The molecule has 0 fully saturated rings. The minimum absolute atomic E-state index is 0. The molecule has 0 bridgehead atoms. The van der Waals surface area contributed by atoms with E-state index in [1.165, 1.54) is 32.7 Å². The quantitative estimate of drug-likeness (QED) is 0.314. The smallest absolute Gasteiger partial charge is 1.00 e. The number of hydrogen-bond donors (Lipinski definition) is 0. The van der Waals surface area contributed by atoms with Gasteiger partial charge in [0.2, 0.25) is 0 Å². The Hall–Kier alpha value is -1.47. The summed E-state index contributed by atoms with van der Waals surface area (Å²) in [5.74, 6) is 0.444. The molecule has 0 N–H and O–H groups in total. The Morgan fingerprint density at radius 2 is 1.31 bits per heavy atom. The van der Waals surface area contributed by atoms with E-state index in [9.17, 15) is 0 Å². The van der Waals surface area contributed by atoms with Crippen molar-refractivity contribution in [1.82, 2.24) is 0 Å². The van der Waals surface area contributed by atoms with E-state index in [0.29, 0.717) is 5.92 Å². The predicted molar refractivity (Wildman–Crippen MR) is 138 cm³/mol. The summed E-state index contributed by atoms with van der Waals surface area (Å²) in [7, 11) is 0. The fourth-order valence-corrected chi connectivity index (χ4v) is 4.13. The first kappa shape index (κ1) is 31.6. The third kappa shape index (κ3) is 7.28. The molecule has 1 aliphatic carbocycles. The van der Waals surface area contributed by atoms with Crippen molar-refractivity contribution >= 4 is 27.1 Å². The summed E-state index contributed by atoms with van der Waals surface area (Å²) in [4.78, 5) is 0. The SMILES string of the molecule is CC(C)(C)c1ccc2c(c1)[cH-]c1cc(C(C)(C)C)ccc12.CC1[C-]=C(c2ccoc2)C=C1.[Cl-].[Cl-].[Zr+4]. The van der Waals surface area contributed by atoms with Gasteiger partial charge in [-0.15, -0.1) is 45.8 Å². The second-order valence-corrected chi connectivity index (χ2v) is 11.0. The topological polar surface area (TPSA) is 13.1 Å². The van der Waals surface area contributed by atoms with Gasteiger partial charge in [0.25, 0.3) is 0 Å². The van der Waals surface area contributed by atoms with Crippen LogP contribution in [0.1, 0.15) is 65.2 Å². The number of benzene rings is 2. The molecule has 5 rings (SSSR count). The van der Waals surface area contributed by atoms with Gasteiger partial charge in [-0.25, -0.2) is 0 Å². The third-order valence-electron chi connectivity index (χ3n) is 6.20. The predicted octanol–water partition coefficient (Wildman–Crippen LogP) is 2.98. The number of rotatable bonds is 1. The molecule has 0 amide bonds. The average Bonchev–Trinajstić information content (AvgIpc) is 3.45. The summed E-state index contributed by atoms with van der Waals surface area (Å²) in [5.41, 5.74) is 5.47. The van der Waals surface area contributed by atoms with Crippen LogP contribution in [0.25, 0.3) is 27.1 Å². The molecule has 4 aromatic rings. The summed E-state index contributed by atoms with van der Waals surface area (Å²) in [6.07, 6.45) is 10.9. The van der Waals surface area contributed by atoms with E-state index < -0.39 is 0 Å². The summed E-state index contributed by atoms with van der Waals surface area (Å²) in [5, 5.41) is 5.48. The van der Waals surface area contributed by atoms with Crippen LogP contribution in [0.3, 0.4) is 0 Å². The molecule has 4 heteroatoms. The van der Waals surface area contributed by atoms with Gasteiger partial charge in [-0.1, -0.05) is 101 Å². The molecule has 1 atom stereocenters. The zero-order chi connectivity index (χ0) is 23.1. The van der Waals surface area contributed by atoms with E-state index in [1.54, 1.807) is 12.5 Å². The van der Waals surface area contributed by atoms with Crippen LogP contribution in [-0.4, -0.2) is 0 Å². The maximum atomic E-state index is 4.97. The van der Waals surface area contributed by atoms with Crippen molar-refractivity contribution in [3.8, 4) is 0 Å². The second-order valence-electron chi connectivity index (χ2n) is 11.0. The first-order valence-electron chi connectivity index (χ1n) is 11.5. The van der Waals surface area contributed by atoms with E-state index in [-0.39, 0.29) is 61.8 Å².